The van der Waals surface area contributed by atoms with Crippen LogP contribution in [-0.4, -0.2) is 10.1 Å². The van der Waals surface area contributed by atoms with E-state index in [4.69, 9.17) is 6.48 Å². The molecule has 2 nitrogen and oxygen atoms in total. The van der Waals surface area contributed by atoms with Crippen molar-refractivity contribution < 1.29 is 6.48 Å². The Kier molecular flexibility index (Phi) is 1.43. The lowest BCUT2D eigenvalue weighted by molar-refractivity contribution is 0.199. The van der Waals surface area contributed by atoms with Gasteiger partial charge in [-0.2, -0.15) is 0 Å². The molecule has 1 aromatic heterocycles. The van der Waals surface area contributed by atoms with Crippen LogP contribution in [0.1, 0.15) is 19.9 Å². The van der Waals surface area contributed by atoms with E-state index < -0.39 is 6.08 Å². The molecule has 1 N–H and O–H groups in total. The van der Waals surface area contributed by atoms with Crippen LogP contribution in [0.5, 0.6) is 0 Å². The summed E-state index contributed by atoms with van der Waals surface area (Å²) < 4.78 is 7.20. The summed E-state index contributed by atoms with van der Waals surface area (Å²) in [6.45, 7) is 1.42. The standard InChI is InChI=1S/C7H9NO/c1-6(9)7-2-4-8-5-3-7/h2-6,9H,1H3/t6-/m0/s1/i6D. The van der Waals surface area contributed by atoms with E-state index >= 15 is 0 Å². The van der Waals surface area contributed by atoms with Gasteiger partial charge < -0.3 is 5.11 Å². The molecule has 0 aliphatic rings. The summed E-state index contributed by atoms with van der Waals surface area (Å²) in [4.78, 5) is 3.76. The Morgan fingerprint density at radius 3 is 2.56 bits per heavy atom. The first kappa shape index (κ1) is 4.94. The molecule has 0 aromatic carbocycles. The lowest BCUT2D eigenvalue weighted by Gasteiger charge is -2.00. The van der Waals surface area contributed by atoms with Gasteiger partial charge in [-0.05, 0) is 24.6 Å². The van der Waals surface area contributed by atoms with Crippen LogP contribution in [-0.2, 0) is 0 Å². The predicted molar refractivity (Wildman–Crippen MR) is 34.9 cm³/mol. The molecule has 0 aliphatic carbocycles. The maximum atomic E-state index is 9.13. The number of hydrogen-bond acceptors (Lipinski definition) is 2. The molecule has 9 heavy (non-hydrogen) atoms. The van der Waals surface area contributed by atoms with Gasteiger partial charge in [-0.1, -0.05) is 0 Å². The maximum absolute atomic E-state index is 9.13. The molecule has 0 spiro atoms. The first-order valence-corrected chi connectivity index (χ1v) is 2.73. The summed E-state index contributed by atoms with van der Waals surface area (Å²) in [5.41, 5.74) is 0.558. The fourth-order valence-electron chi connectivity index (χ4n) is 0.593. The lowest BCUT2D eigenvalue weighted by Crippen LogP contribution is -1.89. The number of aliphatic hydroxyl groups is 1. The van der Waals surface area contributed by atoms with E-state index in [0.717, 1.165) is 0 Å². The smallest absolute Gasteiger partial charge is 0.0763 e. The highest BCUT2D eigenvalue weighted by Crippen LogP contribution is 2.07. The third-order valence-corrected chi connectivity index (χ3v) is 1.10. The van der Waals surface area contributed by atoms with E-state index in [1.807, 2.05) is 0 Å². The Morgan fingerprint density at radius 2 is 2.22 bits per heavy atom. The summed E-state index contributed by atoms with van der Waals surface area (Å²) in [5, 5.41) is 9.13. The molecule has 2 heteroatoms. The first-order chi connectivity index (χ1) is 4.61. The SMILES string of the molecule is [2H][C@@](C)(O)c1ccncc1. The van der Waals surface area contributed by atoms with Gasteiger partial charge in [-0.25, -0.2) is 0 Å². The average Bonchev–Trinajstić information content (AvgIpc) is 1.88. The number of rotatable bonds is 1. The topological polar surface area (TPSA) is 33.1 Å². The van der Waals surface area contributed by atoms with Gasteiger partial charge in [0.05, 0.1) is 7.45 Å². The Balaban J connectivity index is 2.97. The van der Waals surface area contributed by atoms with Crippen molar-refractivity contribution in [3.63, 3.8) is 0 Å². The van der Waals surface area contributed by atoms with Crippen LogP contribution in [0.25, 0.3) is 0 Å². The molecule has 0 saturated heterocycles. The number of aromatic nitrogens is 1. The van der Waals surface area contributed by atoms with Gasteiger partial charge in [0.2, 0.25) is 0 Å². The molecule has 1 heterocycles. The van der Waals surface area contributed by atoms with Crippen molar-refractivity contribution in [2.24, 2.45) is 0 Å². The van der Waals surface area contributed by atoms with Crippen molar-refractivity contribution >= 4 is 0 Å². The van der Waals surface area contributed by atoms with E-state index in [1.54, 1.807) is 24.5 Å². The third kappa shape index (κ3) is 1.50. The minimum Gasteiger partial charge on any atom is -0.389 e. The molecule has 1 aromatic rings. The molecule has 0 radical (unpaired) electrons. The van der Waals surface area contributed by atoms with Gasteiger partial charge in [0, 0.05) is 12.4 Å². The van der Waals surface area contributed by atoms with Crippen LogP contribution in [0.3, 0.4) is 0 Å². The Labute approximate surface area is 55.6 Å². The van der Waals surface area contributed by atoms with Crippen LogP contribution >= 0.6 is 0 Å². The van der Waals surface area contributed by atoms with Crippen LogP contribution in [0, 0.1) is 0 Å². The number of hydrogen-bond donors (Lipinski definition) is 1. The summed E-state index contributed by atoms with van der Waals surface area (Å²) in [6, 6.07) is 3.24. The van der Waals surface area contributed by atoms with Gasteiger partial charge in [0.15, 0.2) is 0 Å². The molecule has 0 unspecified atom stereocenters. The van der Waals surface area contributed by atoms with Gasteiger partial charge >= 0.3 is 0 Å². The highest BCUT2D eigenvalue weighted by Gasteiger charge is 1.95. The molecule has 1 atom stereocenters. The number of nitrogens with zero attached hydrogens (tertiary/aromatic N) is 1. The number of pyridine rings is 1. The zero-order valence-corrected chi connectivity index (χ0v) is 5.20. The van der Waals surface area contributed by atoms with Gasteiger partial charge in [0.25, 0.3) is 0 Å². The zero-order chi connectivity index (χ0) is 7.61. The largest absolute Gasteiger partial charge is 0.389 e. The van der Waals surface area contributed by atoms with Crippen LogP contribution in [0.15, 0.2) is 24.5 Å². The highest BCUT2D eigenvalue weighted by atomic mass is 16.3. The van der Waals surface area contributed by atoms with Gasteiger partial charge in [-0.3, -0.25) is 4.98 Å². The first-order valence-electron chi connectivity index (χ1n) is 3.23. The van der Waals surface area contributed by atoms with E-state index in [2.05, 4.69) is 4.98 Å². The quantitative estimate of drug-likeness (QED) is 0.608. The van der Waals surface area contributed by atoms with Gasteiger partial charge in [-0.15, -0.1) is 0 Å². The summed E-state index contributed by atoms with van der Waals surface area (Å²) >= 11 is 0. The van der Waals surface area contributed by atoms with E-state index in [9.17, 15) is 0 Å². The van der Waals surface area contributed by atoms with Crippen LogP contribution in [0.4, 0.5) is 0 Å². The third-order valence-electron chi connectivity index (χ3n) is 1.10. The van der Waals surface area contributed by atoms with Crippen LogP contribution < -0.4 is 0 Å². The minimum atomic E-state index is -1.50. The molecule has 0 saturated carbocycles. The van der Waals surface area contributed by atoms with E-state index in [1.165, 1.54) is 6.92 Å². The lowest BCUT2D eigenvalue weighted by atomic mass is 10.2. The summed E-state index contributed by atoms with van der Waals surface area (Å²) in [5.74, 6) is 0. The molecular formula is C7H9NO. The van der Waals surface area contributed by atoms with Gasteiger partial charge in [0.1, 0.15) is 0 Å². The molecule has 0 bridgehead atoms. The molecule has 48 valence electrons. The fraction of sp³-hybridized carbons (Fsp3) is 0.286. The van der Waals surface area contributed by atoms with Crippen molar-refractivity contribution in [1.82, 2.24) is 4.98 Å². The molecule has 0 amide bonds. The Morgan fingerprint density at radius 1 is 1.67 bits per heavy atom. The maximum Gasteiger partial charge on any atom is 0.0763 e. The Hall–Kier alpha value is -0.890. The summed E-state index contributed by atoms with van der Waals surface area (Å²) in [7, 11) is 0. The van der Waals surface area contributed by atoms with Crippen molar-refractivity contribution in [2.45, 2.75) is 13.0 Å². The molecular weight excluding hydrogens is 114 g/mol. The van der Waals surface area contributed by atoms with Crippen molar-refractivity contribution in [3.8, 4) is 0 Å². The van der Waals surface area contributed by atoms with Crippen molar-refractivity contribution in [1.29, 1.82) is 0 Å². The molecule has 1 rings (SSSR count). The monoisotopic (exact) mass is 124 g/mol. The average molecular weight is 124 g/mol. The second-order valence-corrected chi connectivity index (χ2v) is 1.82. The fourth-order valence-corrected chi connectivity index (χ4v) is 0.593. The van der Waals surface area contributed by atoms with E-state index in [0.29, 0.717) is 5.56 Å². The summed E-state index contributed by atoms with van der Waals surface area (Å²) in [6.07, 6.45) is 1.61. The van der Waals surface area contributed by atoms with Crippen LogP contribution in [0.2, 0.25) is 0 Å². The molecule has 0 fully saturated rings. The second kappa shape index (κ2) is 2.60. The predicted octanol–water partition coefficient (Wildman–Crippen LogP) is 1.13. The minimum absolute atomic E-state index is 0.558. The molecule has 0 aliphatic heterocycles. The zero-order valence-electron chi connectivity index (χ0n) is 6.20. The Bertz CT molecular complexity index is 205. The second-order valence-electron chi connectivity index (χ2n) is 1.82. The van der Waals surface area contributed by atoms with Crippen molar-refractivity contribution in [3.05, 3.63) is 30.1 Å². The normalized spacial score (nSPS) is 18.2. The van der Waals surface area contributed by atoms with Crippen molar-refractivity contribution in [2.75, 3.05) is 0 Å². The van der Waals surface area contributed by atoms with E-state index in [-0.39, 0.29) is 0 Å². The highest BCUT2D eigenvalue weighted by molar-refractivity contribution is 5.11.